The van der Waals surface area contributed by atoms with E-state index in [2.05, 4.69) is 30.0 Å². The maximum Gasteiger partial charge on any atom is 0.245 e. The Morgan fingerprint density at radius 2 is 2.37 bits per heavy atom. The smallest absolute Gasteiger partial charge is 0.245 e. The van der Waals surface area contributed by atoms with E-state index in [1.165, 1.54) is 6.20 Å². The number of aliphatic hydroxyl groups is 1. The molecule has 2 rings (SSSR count). The highest BCUT2D eigenvalue weighted by Crippen LogP contribution is 2.25. The lowest BCUT2D eigenvalue weighted by atomic mass is 10.3. The molecule has 0 spiro atoms. The van der Waals surface area contributed by atoms with Crippen molar-refractivity contribution < 1.29 is 9.84 Å². The molecule has 8 heteroatoms. The lowest BCUT2D eigenvalue weighted by Gasteiger charge is -2.13. The average molecular weight is 365 g/mol. The highest BCUT2D eigenvalue weighted by atomic mass is 79.9. The van der Waals surface area contributed by atoms with Crippen molar-refractivity contribution in [3.8, 4) is 5.88 Å². The van der Waals surface area contributed by atoms with Gasteiger partial charge in [0.05, 0.1) is 22.4 Å². The Kier molecular flexibility index (Phi) is 5.38. The molecule has 0 bridgehead atoms. The second kappa shape index (κ2) is 7.04. The summed E-state index contributed by atoms with van der Waals surface area (Å²) >= 11 is 10.4. The Balaban J connectivity index is 1.78. The third kappa shape index (κ3) is 4.61. The SMILES string of the molecule is OC(CNc1ccc(Br)cc1Cl)COc1cnsn1. The van der Waals surface area contributed by atoms with Crippen LogP contribution >= 0.6 is 39.3 Å². The van der Waals surface area contributed by atoms with Gasteiger partial charge in [-0.2, -0.15) is 4.37 Å². The Morgan fingerprint density at radius 1 is 1.53 bits per heavy atom. The summed E-state index contributed by atoms with van der Waals surface area (Å²) in [6.07, 6.45) is 0.845. The number of rotatable bonds is 6. The second-order valence-corrected chi connectivity index (χ2v) is 5.60. The predicted octanol–water partition coefficient (Wildman–Crippen LogP) is 2.81. The summed E-state index contributed by atoms with van der Waals surface area (Å²) in [4.78, 5) is 0. The lowest BCUT2D eigenvalue weighted by molar-refractivity contribution is 0.115. The van der Waals surface area contributed by atoms with Crippen molar-refractivity contribution in [2.24, 2.45) is 0 Å². The largest absolute Gasteiger partial charge is 0.473 e. The van der Waals surface area contributed by atoms with Gasteiger partial charge >= 0.3 is 0 Å². The normalized spacial score (nSPS) is 12.2. The highest BCUT2D eigenvalue weighted by Gasteiger charge is 2.08. The zero-order chi connectivity index (χ0) is 13.7. The number of nitrogens with one attached hydrogen (secondary N) is 1. The van der Waals surface area contributed by atoms with E-state index in [4.69, 9.17) is 16.3 Å². The molecule has 102 valence electrons. The summed E-state index contributed by atoms with van der Waals surface area (Å²) in [6.45, 7) is 0.478. The van der Waals surface area contributed by atoms with Crippen LogP contribution in [-0.2, 0) is 0 Å². The molecule has 0 fully saturated rings. The maximum absolute atomic E-state index is 9.77. The van der Waals surface area contributed by atoms with Gasteiger partial charge in [0.2, 0.25) is 5.88 Å². The van der Waals surface area contributed by atoms with Crippen molar-refractivity contribution in [2.45, 2.75) is 6.10 Å². The molecular weight excluding hydrogens is 354 g/mol. The molecule has 0 radical (unpaired) electrons. The van der Waals surface area contributed by atoms with Crippen molar-refractivity contribution in [1.82, 2.24) is 8.75 Å². The molecule has 0 amide bonds. The number of aliphatic hydroxyl groups excluding tert-OH is 1. The van der Waals surface area contributed by atoms with Crippen LogP contribution in [0.25, 0.3) is 0 Å². The summed E-state index contributed by atoms with van der Waals surface area (Å²) in [5.41, 5.74) is 0.763. The van der Waals surface area contributed by atoms with Crippen LogP contribution in [0, 0.1) is 0 Å². The first-order valence-corrected chi connectivity index (χ1v) is 7.32. The zero-order valence-electron chi connectivity index (χ0n) is 9.72. The van der Waals surface area contributed by atoms with E-state index in [0.29, 0.717) is 17.4 Å². The van der Waals surface area contributed by atoms with E-state index in [1.807, 2.05) is 12.1 Å². The number of ether oxygens (including phenoxy) is 1. The third-order valence-corrected chi connectivity index (χ3v) is 3.49. The van der Waals surface area contributed by atoms with E-state index < -0.39 is 6.10 Å². The number of aromatic nitrogens is 2. The Morgan fingerprint density at radius 3 is 3.05 bits per heavy atom. The molecule has 0 saturated carbocycles. The Labute approximate surface area is 128 Å². The van der Waals surface area contributed by atoms with Crippen LogP contribution in [0.4, 0.5) is 5.69 Å². The molecule has 0 aliphatic carbocycles. The number of anilines is 1. The minimum absolute atomic E-state index is 0.145. The second-order valence-electron chi connectivity index (χ2n) is 3.72. The minimum atomic E-state index is -0.665. The van der Waals surface area contributed by atoms with Gasteiger partial charge in [0.15, 0.2) is 0 Å². The molecule has 0 aliphatic heterocycles. The first-order valence-electron chi connectivity index (χ1n) is 5.42. The van der Waals surface area contributed by atoms with E-state index in [0.717, 1.165) is 21.9 Å². The van der Waals surface area contributed by atoms with Crippen LogP contribution in [0.15, 0.2) is 28.9 Å². The summed E-state index contributed by atoms with van der Waals surface area (Å²) in [7, 11) is 0. The van der Waals surface area contributed by atoms with Gasteiger partial charge in [0.1, 0.15) is 18.9 Å². The first-order chi connectivity index (χ1) is 9.15. The zero-order valence-corrected chi connectivity index (χ0v) is 12.9. The maximum atomic E-state index is 9.77. The molecular formula is C11H11BrClN3O2S. The molecule has 5 nitrogen and oxygen atoms in total. The van der Waals surface area contributed by atoms with Crippen molar-refractivity contribution in [3.63, 3.8) is 0 Å². The fourth-order valence-electron chi connectivity index (χ4n) is 1.32. The molecule has 1 heterocycles. The number of nitrogens with zero attached hydrogens (tertiary/aromatic N) is 2. The van der Waals surface area contributed by atoms with E-state index in [-0.39, 0.29) is 6.61 Å². The fourth-order valence-corrected chi connectivity index (χ4v) is 2.43. The van der Waals surface area contributed by atoms with Crippen molar-refractivity contribution in [3.05, 3.63) is 33.9 Å². The molecule has 1 atom stereocenters. The summed E-state index contributed by atoms with van der Waals surface area (Å²) in [6, 6.07) is 5.50. The van der Waals surface area contributed by atoms with Crippen LogP contribution < -0.4 is 10.1 Å². The van der Waals surface area contributed by atoms with Gasteiger partial charge in [0.25, 0.3) is 0 Å². The van der Waals surface area contributed by atoms with E-state index in [1.54, 1.807) is 6.07 Å². The lowest BCUT2D eigenvalue weighted by Crippen LogP contribution is -2.26. The summed E-state index contributed by atoms with van der Waals surface area (Å²) < 4.78 is 13.8. The van der Waals surface area contributed by atoms with Crippen LogP contribution in [0.5, 0.6) is 5.88 Å². The van der Waals surface area contributed by atoms with Gasteiger partial charge in [-0.15, -0.1) is 4.37 Å². The Bertz CT molecular complexity index is 527. The number of halogens is 2. The number of hydrogen-bond acceptors (Lipinski definition) is 6. The first kappa shape index (κ1) is 14.5. The highest BCUT2D eigenvalue weighted by molar-refractivity contribution is 9.10. The summed E-state index contributed by atoms with van der Waals surface area (Å²) in [5.74, 6) is 0.422. The van der Waals surface area contributed by atoms with E-state index in [9.17, 15) is 5.11 Å². The average Bonchev–Trinajstić information content (AvgIpc) is 2.88. The number of benzene rings is 1. The number of hydrogen-bond donors (Lipinski definition) is 2. The molecule has 1 unspecified atom stereocenters. The van der Waals surface area contributed by atoms with Crippen LogP contribution in [0.1, 0.15) is 0 Å². The summed E-state index contributed by atoms with van der Waals surface area (Å²) in [5, 5.41) is 13.4. The quantitative estimate of drug-likeness (QED) is 0.825. The predicted molar refractivity (Wildman–Crippen MR) is 79.1 cm³/mol. The van der Waals surface area contributed by atoms with Crippen LogP contribution in [-0.4, -0.2) is 33.1 Å². The molecule has 0 saturated heterocycles. The van der Waals surface area contributed by atoms with Gasteiger partial charge in [-0.1, -0.05) is 27.5 Å². The topological polar surface area (TPSA) is 67.3 Å². The molecule has 2 N–H and O–H groups in total. The third-order valence-electron chi connectivity index (χ3n) is 2.22. The van der Waals surface area contributed by atoms with Crippen molar-refractivity contribution >= 4 is 44.9 Å². The van der Waals surface area contributed by atoms with Gasteiger partial charge in [-0.3, -0.25) is 0 Å². The monoisotopic (exact) mass is 363 g/mol. The minimum Gasteiger partial charge on any atom is -0.473 e. The molecule has 1 aromatic heterocycles. The Hall–Kier alpha value is -0.890. The van der Waals surface area contributed by atoms with Gasteiger partial charge < -0.3 is 15.2 Å². The van der Waals surface area contributed by atoms with Gasteiger partial charge in [0, 0.05) is 11.0 Å². The molecule has 2 aromatic rings. The molecule has 0 aliphatic rings. The van der Waals surface area contributed by atoms with Gasteiger partial charge in [-0.25, -0.2) is 0 Å². The van der Waals surface area contributed by atoms with Gasteiger partial charge in [-0.05, 0) is 18.2 Å². The van der Waals surface area contributed by atoms with Crippen LogP contribution in [0.3, 0.4) is 0 Å². The van der Waals surface area contributed by atoms with Crippen molar-refractivity contribution in [1.29, 1.82) is 0 Å². The van der Waals surface area contributed by atoms with Crippen molar-refractivity contribution in [2.75, 3.05) is 18.5 Å². The van der Waals surface area contributed by atoms with E-state index >= 15 is 0 Å². The molecule has 19 heavy (non-hydrogen) atoms. The fraction of sp³-hybridized carbons (Fsp3) is 0.273. The van der Waals surface area contributed by atoms with Crippen LogP contribution in [0.2, 0.25) is 5.02 Å². The standard InChI is InChI=1S/C11H11BrClN3O2S/c12-7-1-2-10(9(13)3-7)14-4-8(17)6-18-11-5-15-19-16-11/h1-3,5,8,14,17H,4,6H2. The molecule has 1 aromatic carbocycles.